The summed E-state index contributed by atoms with van der Waals surface area (Å²) in [5, 5.41) is 14.1. The molecule has 0 aliphatic carbocycles. The normalized spacial score (nSPS) is 17.4. The Hall–Kier alpha value is -2.40. The van der Waals surface area contributed by atoms with Gasteiger partial charge in [-0.05, 0) is 42.0 Å². The van der Waals surface area contributed by atoms with Gasteiger partial charge in [-0.25, -0.2) is 4.98 Å². The summed E-state index contributed by atoms with van der Waals surface area (Å²) in [5.41, 5.74) is 2.28. The van der Waals surface area contributed by atoms with Crippen molar-refractivity contribution in [1.29, 1.82) is 0 Å². The zero-order chi connectivity index (χ0) is 19.1. The zero-order valence-corrected chi connectivity index (χ0v) is 16.3. The number of H-pyrrole nitrogens is 1. The quantitative estimate of drug-likeness (QED) is 0.524. The third-order valence-electron chi connectivity index (χ3n) is 5.86. The van der Waals surface area contributed by atoms with E-state index in [1.54, 1.807) is 0 Å². The Balaban J connectivity index is 1.32. The van der Waals surface area contributed by atoms with Crippen LogP contribution in [0.3, 0.4) is 0 Å². The van der Waals surface area contributed by atoms with Gasteiger partial charge in [0.15, 0.2) is 0 Å². The third-order valence-corrected chi connectivity index (χ3v) is 6.12. The van der Waals surface area contributed by atoms with Gasteiger partial charge in [-0.15, -0.1) is 0 Å². The summed E-state index contributed by atoms with van der Waals surface area (Å²) >= 11 is 5.98. The highest BCUT2D eigenvalue weighted by molar-refractivity contribution is 6.30. The van der Waals surface area contributed by atoms with Gasteiger partial charge in [-0.2, -0.15) is 0 Å². The molecule has 1 saturated heterocycles. The molecule has 0 spiro atoms. The van der Waals surface area contributed by atoms with Crippen LogP contribution in [0, 0.1) is 0 Å². The van der Waals surface area contributed by atoms with E-state index in [-0.39, 0.29) is 0 Å². The van der Waals surface area contributed by atoms with E-state index in [4.69, 9.17) is 16.6 Å². The molecule has 0 bridgehead atoms. The van der Waals surface area contributed by atoms with Crippen molar-refractivity contribution < 1.29 is 5.11 Å². The maximum atomic E-state index is 11.1. The molecule has 0 atom stereocenters. The number of rotatable bonds is 3. The van der Waals surface area contributed by atoms with Crippen LogP contribution in [0.5, 0.6) is 0 Å². The zero-order valence-electron chi connectivity index (χ0n) is 15.5. The molecular formula is C23H22ClN3O. The van der Waals surface area contributed by atoms with Crippen molar-refractivity contribution in [3.63, 3.8) is 0 Å². The van der Waals surface area contributed by atoms with Crippen LogP contribution in [0.1, 0.15) is 24.2 Å². The van der Waals surface area contributed by atoms with E-state index in [9.17, 15) is 5.11 Å². The van der Waals surface area contributed by atoms with Crippen LogP contribution >= 0.6 is 11.6 Å². The van der Waals surface area contributed by atoms with Crippen molar-refractivity contribution in [1.82, 2.24) is 14.9 Å². The summed E-state index contributed by atoms with van der Waals surface area (Å²) in [6.07, 6.45) is 1.41. The lowest BCUT2D eigenvalue weighted by Crippen LogP contribution is -2.42. The van der Waals surface area contributed by atoms with Crippen LogP contribution in [-0.4, -0.2) is 33.1 Å². The molecule has 3 aromatic carbocycles. The number of aromatic nitrogens is 2. The molecule has 5 rings (SSSR count). The summed E-state index contributed by atoms with van der Waals surface area (Å²) in [5.74, 6) is 0.975. The van der Waals surface area contributed by atoms with Crippen molar-refractivity contribution in [3.8, 4) is 0 Å². The summed E-state index contributed by atoms with van der Waals surface area (Å²) < 4.78 is 0. The SMILES string of the molecule is OC1(c2ccc(Cl)cc2)CCN(Cc2nc3c(ccc4ccccc43)[nH]2)CC1. The first-order valence-corrected chi connectivity index (χ1v) is 10.1. The van der Waals surface area contributed by atoms with Crippen molar-refractivity contribution in [3.05, 3.63) is 77.1 Å². The Bertz CT molecular complexity index is 1130. The topological polar surface area (TPSA) is 52.1 Å². The Morgan fingerprint density at radius 1 is 1.00 bits per heavy atom. The van der Waals surface area contributed by atoms with E-state index in [1.165, 1.54) is 10.8 Å². The number of aliphatic hydroxyl groups is 1. The molecule has 4 nitrogen and oxygen atoms in total. The van der Waals surface area contributed by atoms with E-state index in [0.717, 1.165) is 42.1 Å². The van der Waals surface area contributed by atoms with Crippen molar-refractivity contribution in [2.24, 2.45) is 0 Å². The van der Waals surface area contributed by atoms with E-state index >= 15 is 0 Å². The Labute approximate surface area is 168 Å². The van der Waals surface area contributed by atoms with Crippen LogP contribution in [0.15, 0.2) is 60.7 Å². The fraction of sp³-hybridized carbons (Fsp3) is 0.261. The molecule has 1 aromatic heterocycles. The van der Waals surface area contributed by atoms with Gasteiger partial charge in [0.25, 0.3) is 0 Å². The average Bonchev–Trinajstić information content (AvgIpc) is 3.13. The molecule has 5 heteroatoms. The van der Waals surface area contributed by atoms with Crippen molar-refractivity contribution in [2.45, 2.75) is 25.0 Å². The van der Waals surface area contributed by atoms with Crippen LogP contribution < -0.4 is 0 Å². The summed E-state index contributed by atoms with van der Waals surface area (Å²) in [4.78, 5) is 10.7. The number of imidazole rings is 1. The molecule has 1 aliphatic heterocycles. The number of hydrogen-bond acceptors (Lipinski definition) is 3. The predicted octanol–water partition coefficient (Wildman–Crippen LogP) is 4.85. The number of nitrogens with one attached hydrogen (secondary N) is 1. The highest BCUT2D eigenvalue weighted by atomic mass is 35.5. The second-order valence-corrected chi connectivity index (χ2v) is 8.12. The summed E-state index contributed by atoms with van der Waals surface area (Å²) in [7, 11) is 0. The van der Waals surface area contributed by atoms with E-state index in [0.29, 0.717) is 17.9 Å². The van der Waals surface area contributed by atoms with Crippen molar-refractivity contribution in [2.75, 3.05) is 13.1 Å². The van der Waals surface area contributed by atoms with Gasteiger partial charge in [0.1, 0.15) is 5.82 Å². The maximum Gasteiger partial charge on any atom is 0.121 e. The lowest BCUT2D eigenvalue weighted by atomic mass is 9.84. The lowest BCUT2D eigenvalue weighted by molar-refractivity contribution is -0.0281. The summed E-state index contributed by atoms with van der Waals surface area (Å²) in [6.45, 7) is 2.42. The Kier molecular flexibility index (Phi) is 4.35. The number of benzene rings is 3. The summed E-state index contributed by atoms with van der Waals surface area (Å²) in [6, 6.07) is 20.1. The average molecular weight is 392 g/mol. The van der Waals surface area contributed by atoms with Gasteiger partial charge in [0.2, 0.25) is 0 Å². The molecular weight excluding hydrogens is 370 g/mol. The highest BCUT2D eigenvalue weighted by Crippen LogP contribution is 2.34. The minimum absolute atomic E-state index is 0.696. The fourth-order valence-corrected chi connectivity index (χ4v) is 4.34. The minimum atomic E-state index is -0.773. The van der Waals surface area contributed by atoms with Crippen LogP contribution in [0.25, 0.3) is 21.8 Å². The molecule has 0 saturated carbocycles. The second kappa shape index (κ2) is 6.89. The molecule has 2 heterocycles. The monoisotopic (exact) mass is 391 g/mol. The van der Waals surface area contributed by atoms with Crippen LogP contribution in [0.2, 0.25) is 5.02 Å². The molecule has 0 radical (unpaired) electrons. The first kappa shape index (κ1) is 17.7. The highest BCUT2D eigenvalue weighted by Gasteiger charge is 2.34. The lowest BCUT2D eigenvalue weighted by Gasteiger charge is -2.38. The van der Waals surface area contributed by atoms with E-state index in [2.05, 4.69) is 46.3 Å². The number of halogens is 1. The van der Waals surface area contributed by atoms with E-state index < -0.39 is 5.60 Å². The second-order valence-electron chi connectivity index (χ2n) is 7.68. The first-order valence-electron chi connectivity index (χ1n) is 9.68. The van der Waals surface area contributed by atoms with Crippen molar-refractivity contribution >= 4 is 33.4 Å². The largest absolute Gasteiger partial charge is 0.385 e. The molecule has 1 aliphatic rings. The number of fused-ring (bicyclic) bond motifs is 3. The molecule has 142 valence electrons. The van der Waals surface area contributed by atoms with Crippen LogP contribution in [-0.2, 0) is 12.1 Å². The van der Waals surface area contributed by atoms with Crippen LogP contribution in [0.4, 0.5) is 0 Å². The third kappa shape index (κ3) is 3.18. The van der Waals surface area contributed by atoms with Gasteiger partial charge in [-0.3, -0.25) is 4.90 Å². The molecule has 0 unspecified atom stereocenters. The van der Waals surface area contributed by atoms with Gasteiger partial charge in [0, 0.05) is 23.5 Å². The maximum absolute atomic E-state index is 11.1. The predicted molar refractivity (Wildman–Crippen MR) is 113 cm³/mol. The number of aromatic amines is 1. The number of likely N-dealkylation sites (tertiary alicyclic amines) is 1. The number of hydrogen-bond donors (Lipinski definition) is 2. The molecule has 4 aromatic rings. The molecule has 0 amide bonds. The Morgan fingerprint density at radius 3 is 2.54 bits per heavy atom. The molecule has 28 heavy (non-hydrogen) atoms. The standard InChI is InChI=1S/C23H22ClN3O/c24-18-8-6-17(7-9-18)23(28)11-13-27(14-12-23)15-21-25-20-10-5-16-3-1-2-4-19(16)22(20)26-21/h1-10,28H,11-15H2,(H,25,26). The van der Waals surface area contributed by atoms with Gasteiger partial charge >= 0.3 is 0 Å². The van der Waals surface area contributed by atoms with Gasteiger partial charge in [-0.1, -0.05) is 54.1 Å². The number of piperidine rings is 1. The fourth-order valence-electron chi connectivity index (χ4n) is 4.21. The minimum Gasteiger partial charge on any atom is -0.385 e. The Morgan fingerprint density at radius 2 is 1.75 bits per heavy atom. The molecule has 1 fully saturated rings. The van der Waals surface area contributed by atoms with Gasteiger partial charge < -0.3 is 10.1 Å². The number of nitrogens with zero attached hydrogens (tertiary/aromatic N) is 2. The first-order chi connectivity index (χ1) is 13.6. The van der Waals surface area contributed by atoms with Gasteiger partial charge in [0.05, 0.1) is 23.2 Å². The molecule has 2 N–H and O–H groups in total. The van der Waals surface area contributed by atoms with E-state index in [1.807, 2.05) is 24.3 Å². The smallest absolute Gasteiger partial charge is 0.121 e.